The van der Waals surface area contributed by atoms with Crippen LogP contribution in [0.3, 0.4) is 0 Å². The van der Waals surface area contributed by atoms with Crippen LogP contribution in [0, 0.1) is 0 Å². The first-order valence-electron chi connectivity index (χ1n) is 13.0. The number of H-pyrrole nitrogens is 1. The Morgan fingerprint density at radius 2 is 1.32 bits per heavy atom. The smallest absolute Gasteiger partial charge is 0.387 e. The second-order valence-electron chi connectivity index (χ2n) is 10.1. The third kappa shape index (κ3) is 6.85. The number of hydrogen-bond donors (Lipinski definition) is 7. The number of nitrogen functional groups attached to an aromatic ring is 2. The average Bonchev–Trinajstić information content (AvgIpc) is 3.72. The molecular formula is C20H24N10Na2O13P2+2. The van der Waals surface area contributed by atoms with E-state index in [0.717, 1.165) is 17.2 Å². The standard InChI is InChI=1S/C20H24N10O13P2.2Na/c21-14-8-15(24-3-23-14)29(4-25-8)18-12-10(31)6(40-18)1-38-45(36,37)43-13-11(32)7(2-39-44(34,35)42-12)41-19(13)30-5-26-9-16(30)27-20(22)28-17(9)33;;/h3-7,10-13,18-19,31-32H,1-2H2,(H,34,35)(H,36,37)(H2,21,23,24)(H3,22,27,28,33);;/q;2*+1/t6-,7-,10?,11?,12-,13-,18-,19-;;/m1../s1. The molecule has 7 rings (SSSR count). The van der Waals surface area contributed by atoms with Gasteiger partial charge >= 0.3 is 74.8 Å². The van der Waals surface area contributed by atoms with Gasteiger partial charge in [0.2, 0.25) is 5.95 Å². The minimum atomic E-state index is -5.09. The number of ether oxygens (including phenoxy) is 2. The molecule has 0 amide bonds. The van der Waals surface area contributed by atoms with E-state index >= 15 is 0 Å². The molecule has 4 aromatic rings. The second kappa shape index (κ2) is 13.7. The van der Waals surface area contributed by atoms with Crippen molar-refractivity contribution in [2.24, 2.45) is 0 Å². The summed E-state index contributed by atoms with van der Waals surface area (Å²) in [6, 6.07) is 0. The van der Waals surface area contributed by atoms with Gasteiger partial charge in [-0.2, -0.15) is 4.98 Å². The zero-order chi connectivity index (χ0) is 31.8. The molecule has 0 aliphatic carbocycles. The molecule has 0 spiro atoms. The van der Waals surface area contributed by atoms with Crippen LogP contribution >= 0.6 is 15.6 Å². The number of aromatic nitrogens is 8. The van der Waals surface area contributed by atoms with Crippen molar-refractivity contribution in [1.29, 1.82) is 0 Å². The maximum atomic E-state index is 13.2. The Kier molecular flexibility index (Phi) is 10.7. The van der Waals surface area contributed by atoms with Crippen molar-refractivity contribution in [3.8, 4) is 0 Å². The molecule has 27 heteroatoms. The van der Waals surface area contributed by atoms with Crippen LogP contribution in [0.1, 0.15) is 12.5 Å². The van der Waals surface area contributed by atoms with Crippen molar-refractivity contribution in [2.75, 3.05) is 24.7 Å². The van der Waals surface area contributed by atoms with Gasteiger partial charge in [0.1, 0.15) is 48.5 Å². The number of rotatable bonds is 2. The normalized spacial score (nSPS) is 36.1. The molecule has 4 unspecified atom stereocenters. The quantitative estimate of drug-likeness (QED) is 0.0746. The van der Waals surface area contributed by atoms with Crippen LogP contribution in [-0.4, -0.2) is 109 Å². The van der Waals surface area contributed by atoms with E-state index in [0.29, 0.717) is 0 Å². The van der Waals surface area contributed by atoms with Crippen molar-refractivity contribution < 1.29 is 116 Å². The summed E-state index contributed by atoms with van der Waals surface area (Å²) >= 11 is 0. The Bertz CT molecular complexity index is 1950. The molecule has 7 heterocycles. The minimum Gasteiger partial charge on any atom is -0.387 e. The maximum Gasteiger partial charge on any atom is 1.00 e. The summed E-state index contributed by atoms with van der Waals surface area (Å²) in [6.07, 6.45) is -9.33. The average molecular weight is 720 g/mol. The van der Waals surface area contributed by atoms with Crippen molar-refractivity contribution in [2.45, 2.75) is 49.1 Å². The summed E-state index contributed by atoms with van der Waals surface area (Å²) in [6.45, 7) is -1.65. The van der Waals surface area contributed by atoms with Crippen molar-refractivity contribution in [1.82, 2.24) is 39.0 Å². The first-order chi connectivity index (χ1) is 21.3. The molecule has 47 heavy (non-hydrogen) atoms. The summed E-state index contributed by atoms with van der Waals surface area (Å²) < 4.78 is 61.2. The van der Waals surface area contributed by atoms with Crippen molar-refractivity contribution >= 4 is 49.7 Å². The molecule has 10 atom stereocenters. The van der Waals surface area contributed by atoms with Gasteiger partial charge in [0.25, 0.3) is 5.56 Å². The number of aliphatic hydroxyl groups is 2. The summed E-state index contributed by atoms with van der Waals surface area (Å²) in [5.41, 5.74) is 10.8. The number of anilines is 2. The van der Waals surface area contributed by atoms with Crippen LogP contribution in [0.4, 0.5) is 11.8 Å². The first kappa shape index (κ1) is 36.8. The molecule has 242 valence electrons. The largest absolute Gasteiger partial charge is 1.00 e. The summed E-state index contributed by atoms with van der Waals surface area (Å²) in [5, 5.41) is 22.1. The molecular weight excluding hydrogens is 696 g/mol. The Balaban J connectivity index is 0.00000217. The van der Waals surface area contributed by atoms with Gasteiger partial charge in [-0.25, -0.2) is 29.1 Å². The number of nitrogens with zero attached hydrogens (tertiary/aromatic N) is 7. The fourth-order valence-electron chi connectivity index (χ4n) is 5.28. The van der Waals surface area contributed by atoms with E-state index in [4.69, 9.17) is 39.0 Å². The summed E-state index contributed by atoms with van der Waals surface area (Å²) in [4.78, 5) is 55.8. The number of nitrogens with one attached hydrogen (secondary N) is 1. The molecule has 3 saturated heterocycles. The van der Waals surface area contributed by atoms with Gasteiger partial charge in [-0.1, -0.05) is 0 Å². The molecule has 4 bridgehead atoms. The van der Waals surface area contributed by atoms with Crippen LogP contribution in [-0.2, 0) is 36.7 Å². The van der Waals surface area contributed by atoms with E-state index in [2.05, 4.69) is 29.9 Å². The van der Waals surface area contributed by atoms with E-state index in [1.807, 2.05) is 0 Å². The summed E-state index contributed by atoms with van der Waals surface area (Å²) in [5.74, 6) is -0.270. The van der Waals surface area contributed by atoms with Gasteiger partial charge in [0.05, 0.1) is 25.9 Å². The van der Waals surface area contributed by atoms with Crippen LogP contribution in [0.25, 0.3) is 22.3 Å². The van der Waals surface area contributed by atoms with Gasteiger partial charge in [-0.15, -0.1) is 0 Å². The number of fused-ring (bicyclic) bond motifs is 6. The van der Waals surface area contributed by atoms with Crippen LogP contribution in [0.2, 0.25) is 0 Å². The van der Waals surface area contributed by atoms with E-state index in [-0.39, 0.29) is 93.2 Å². The van der Waals surface area contributed by atoms with Crippen molar-refractivity contribution in [3.63, 3.8) is 0 Å². The molecule has 4 aromatic heterocycles. The minimum absolute atomic E-state index is 0. The number of phosphoric ester groups is 2. The zero-order valence-electron chi connectivity index (χ0n) is 24.4. The number of nitrogens with two attached hydrogens (primary N) is 2. The van der Waals surface area contributed by atoms with E-state index < -0.39 is 83.5 Å². The summed E-state index contributed by atoms with van der Waals surface area (Å²) in [7, 11) is -10.2. The van der Waals surface area contributed by atoms with E-state index in [9.17, 15) is 33.9 Å². The van der Waals surface area contributed by atoms with Gasteiger partial charge in [-0.05, 0) is 0 Å². The topological polar surface area (TPSA) is 330 Å². The Morgan fingerprint density at radius 3 is 1.87 bits per heavy atom. The van der Waals surface area contributed by atoms with E-state index in [1.165, 1.54) is 10.9 Å². The monoisotopic (exact) mass is 720 g/mol. The van der Waals surface area contributed by atoms with Gasteiger partial charge in [-0.3, -0.25) is 37.0 Å². The molecule has 23 nitrogen and oxygen atoms in total. The number of phosphoric acid groups is 2. The van der Waals surface area contributed by atoms with E-state index in [1.54, 1.807) is 0 Å². The molecule has 3 fully saturated rings. The van der Waals surface area contributed by atoms with Gasteiger partial charge < -0.3 is 40.9 Å². The Hall–Kier alpha value is -1.44. The third-order valence-electron chi connectivity index (χ3n) is 7.33. The molecule has 3 aliphatic heterocycles. The molecule has 3 aliphatic rings. The Labute approximate surface area is 305 Å². The first-order valence-corrected chi connectivity index (χ1v) is 15.9. The Morgan fingerprint density at radius 1 is 0.809 bits per heavy atom. The number of aliphatic hydroxyl groups excluding tert-OH is 2. The molecule has 0 saturated carbocycles. The molecule has 0 aromatic carbocycles. The zero-order valence-corrected chi connectivity index (χ0v) is 30.2. The van der Waals surface area contributed by atoms with Crippen LogP contribution < -0.4 is 76.1 Å². The molecule has 0 radical (unpaired) electrons. The van der Waals surface area contributed by atoms with Gasteiger partial charge in [0.15, 0.2) is 35.1 Å². The predicted molar refractivity (Wildman–Crippen MR) is 143 cm³/mol. The maximum absolute atomic E-state index is 13.2. The molecule has 9 N–H and O–H groups in total. The van der Waals surface area contributed by atoms with Crippen LogP contribution in [0.5, 0.6) is 0 Å². The fourth-order valence-corrected chi connectivity index (χ4v) is 7.14. The number of imidazole rings is 2. The number of hydrogen-bond acceptors (Lipinski definition) is 18. The van der Waals surface area contributed by atoms with Crippen molar-refractivity contribution in [3.05, 3.63) is 29.3 Å². The van der Waals surface area contributed by atoms with Gasteiger partial charge in [0, 0.05) is 0 Å². The second-order valence-corrected chi connectivity index (χ2v) is 13.0. The SMILES string of the molecule is Nc1nc2c(ncn2[C@@H]2O[C@@H]3COP(=O)(O)O[C@@H]4C(O)[C@@H](COP(=O)(O)O[C@@H]2C3O)O[C@H]4n2cnc3c(N)ncnc32)c(=O)[nH]1.[Na+].[Na+]. The fraction of sp³-hybridized carbons (Fsp3) is 0.500. The van der Waals surface area contributed by atoms with Crippen LogP contribution in [0.15, 0.2) is 23.8 Å². The third-order valence-corrected chi connectivity index (χ3v) is 9.30. The predicted octanol–water partition coefficient (Wildman–Crippen LogP) is -8.33. The number of aromatic amines is 1.